The molecule has 1 aromatic heterocycles. The fraction of sp³-hybridized carbons (Fsp3) is 0.412. The molecular weight excluding hydrogens is 264 g/mol. The topological polar surface area (TPSA) is 15.3 Å². The molecule has 2 nitrogen and oxygen atoms in total. The Labute approximate surface area is 125 Å². The normalized spacial score (nSPS) is 13.8. The van der Waals surface area contributed by atoms with Gasteiger partial charge in [0.15, 0.2) is 0 Å². The van der Waals surface area contributed by atoms with E-state index in [9.17, 15) is 0 Å². The molecule has 0 amide bonds. The maximum absolute atomic E-state index is 3.58. The third-order valence-corrected chi connectivity index (χ3v) is 5.07. The lowest BCUT2D eigenvalue weighted by molar-refractivity contribution is 0.696. The van der Waals surface area contributed by atoms with Gasteiger partial charge in [0.25, 0.3) is 0 Å². The minimum absolute atomic E-state index is 0.956. The number of hydrogen-bond donors (Lipinski definition) is 1. The van der Waals surface area contributed by atoms with Gasteiger partial charge in [-0.15, -0.1) is 11.3 Å². The molecule has 1 N–H and O–H groups in total. The quantitative estimate of drug-likeness (QED) is 0.903. The summed E-state index contributed by atoms with van der Waals surface area (Å²) in [5, 5.41) is 5.77. The van der Waals surface area contributed by atoms with E-state index in [1.807, 2.05) is 11.3 Å². The first kappa shape index (κ1) is 13.7. The molecule has 0 aliphatic carbocycles. The van der Waals surface area contributed by atoms with Crippen molar-refractivity contribution in [3.05, 3.63) is 51.2 Å². The van der Waals surface area contributed by atoms with Crippen molar-refractivity contribution in [1.82, 2.24) is 5.32 Å². The summed E-state index contributed by atoms with van der Waals surface area (Å²) in [6.07, 6.45) is 2.32. The molecule has 0 spiro atoms. The zero-order valence-corrected chi connectivity index (χ0v) is 13.1. The van der Waals surface area contributed by atoms with Crippen LogP contribution in [-0.4, -0.2) is 13.6 Å². The number of hydrogen-bond acceptors (Lipinski definition) is 3. The molecule has 1 aromatic carbocycles. The Bertz CT molecular complexity index is 588. The zero-order chi connectivity index (χ0) is 13.9. The summed E-state index contributed by atoms with van der Waals surface area (Å²) in [5.41, 5.74) is 5.78. The van der Waals surface area contributed by atoms with Gasteiger partial charge in [-0.2, -0.15) is 0 Å². The predicted octanol–water partition coefficient (Wildman–Crippen LogP) is 3.59. The fourth-order valence-electron chi connectivity index (χ4n) is 2.89. The minimum Gasteiger partial charge on any atom is -0.374 e. The molecule has 2 heterocycles. The highest BCUT2D eigenvalue weighted by Gasteiger charge is 2.15. The molecule has 106 valence electrons. The maximum atomic E-state index is 3.58. The monoisotopic (exact) mass is 286 g/mol. The van der Waals surface area contributed by atoms with Gasteiger partial charge in [-0.1, -0.05) is 19.1 Å². The summed E-state index contributed by atoms with van der Waals surface area (Å²) in [7, 11) is 2.17. The third kappa shape index (κ3) is 2.74. The van der Waals surface area contributed by atoms with E-state index in [1.54, 1.807) is 0 Å². The largest absolute Gasteiger partial charge is 0.374 e. The van der Waals surface area contributed by atoms with E-state index in [-0.39, 0.29) is 0 Å². The highest BCUT2D eigenvalue weighted by molar-refractivity contribution is 7.10. The predicted molar refractivity (Wildman–Crippen MR) is 87.7 cm³/mol. The molecule has 0 fully saturated rings. The number of benzene rings is 1. The van der Waals surface area contributed by atoms with Crippen LogP contribution < -0.4 is 10.2 Å². The first-order valence-corrected chi connectivity index (χ1v) is 8.24. The average molecular weight is 286 g/mol. The molecule has 0 unspecified atom stereocenters. The summed E-state index contributed by atoms with van der Waals surface area (Å²) in [6, 6.07) is 9.12. The molecule has 20 heavy (non-hydrogen) atoms. The molecule has 0 radical (unpaired) electrons. The third-order valence-electron chi connectivity index (χ3n) is 4.10. The smallest absolute Gasteiger partial charge is 0.0397 e. The van der Waals surface area contributed by atoms with Crippen molar-refractivity contribution in [3.63, 3.8) is 0 Å². The van der Waals surface area contributed by atoms with E-state index in [4.69, 9.17) is 0 Å². The number of rotatable bonds is 5. The van der Waals surface area contributed by atoms with Gasteiger partial charge in [-0.3, -0.25) is 0 Å². The van der Waals surface area contributed by atoms with E-state index in [0.29, 0.717) is 0 Å². The van der Waals surface area contributed by atoms with Crippen LogP contribution in [0.15, 0.2) is 29.6 Å². The van der Waals surface area contributed by atoms with Crippen LogP contribution in [0.1, 0.15) is 28.5 Å². The number of nitrogens with zero attached hydrogens (tertiary/aromatic N) is 1. The van der Waals surface area contributed by atoms with Gasteiger partial charge in [0.1, 0.15) is 0 Å². The fourth-order valence-corrected chi connectivity index (χ4v) is 3.83. The number of anilines is 1. The summed E-state index contributed by atoms with van der Waals surface area (Å²) in [6.45, 7) is 5.32. The van der Waals surface area contributed by atoms with Crippen molar-refractivity contribution in [3.8, 4) is 0 Å². The Hall–Kier alpha value is -1.32. The van der Waals surface area contributed by atoms with Gasteiger partial charge >= 0.3 is 0 Å². The lowest BCUT2D eigenvalue weighted by Gasteiger charge is -2.12. The van der Waals surface area contributed by atoms with Crippen LogP contribution in [-0.2, 0) is 25.9 Å². The second kappa shape index (κ2) is 5.98. The molecule has 1 aliphatic heterocycles. The van der Waals surface area contributed by atoms with Crippen molar-refractivity contribution in [2.45, 2.75) is 32.9 Å². The number of aryl methyl sites for hydroxylation is 1. The number of fused-ring (bicyclic) bond motifs is 1. The van der Waals surface area contributed by atoms with Crippen LogP contribution >= 0.6 is 11.3 Å². The first-order valence-electron chi connectivity index (χ1n) is 7.37. The molecule has 3 rings (SSSR count). The van der Waals surface area contributed by atoms with E-state index >= 15 is 0 Å². The molecular formula is C17H22N2S. The molecule has 0 bridgehead atoms. The Morgan fingerprint density at radius 1 is 1.25 bits per heavy atom. The van der Waals surface area contributed by atoms with Crippen LogP contribution in [0.4, 0.5) is 5.69 Å². The molecule has 0 saturated heterocycles. The van der Waals surface area contributed by atoms with Crippen LogP contribution in [0.25, 0.3) is 0 Å². The van der Waals surface area contributed by atoms with Gasteiger partial charge in [-0.25, -0.2) is 0 Å². The number of nitrogens with one attached hydrogen (secondary N) is 1. The highest BCUT2D eigenvalue weighted by atomic mass is 32.1. The van der Waals surface area contributed by atoms with Gasteiger partial charge in [-0.05, 0) is 47.0 Å². The van der Waals surface area contributed by atoms with Crippen LogP contribution in [0.2, 0.25) is 0 Å². The van der Waals surface area contributed by atoms with E-state index in [0.717, 1.165) is 26.1 Å². The van der Waals surface area contributed by atoms with Gasteiger partial charge in [0.2, 0.25) is 0 Å². The first-order chi connectivity index (χ1) is 9.78. The molecule has 1 aliphatic rings. The van der Waals surface area contributed by atoms with Gasteiger partial charge in [0, 0.05) is 37.2 Å². The van der Waals surface area contributed by atoms with Crippen LogP contribution in [0.3, 0.4) is 0 Å². The molecule has 2 aromatic rings. The Kier molecular flexibility index (Phi) is 4.08. The van der Waals surface area contributed by atoms with Crippen molar-refractivity contribution in [2.24, 2.45) is 0 Å². The highest BCUT2D eigenvalue weighted by Crippen LogP contribution is 2.27. The van der Waals surface area contributed by atoms with E-state index < -0.39 is 0 Å². The average Bonchev–Trinajstić information content (AvgIpc) is 3.06. The number of thiophene rings is 1. The summed E-state index contributed by atoms with van der Waals surface area (Å²) >= 11 is 1.86. The Morgan fingerprint density at radius 3 is 3.00 bits per heavy atom. The molecule has 3 heteroatoms. The standard InChI is InChI=1S/C17H22N2S/c1-3-14-7-9-20-17(14)12-18-11-13-4-5-16-15(10-13)6-8-19(16)2/h4-5,7,9-10,18H,3,6,8,11-12H2,1-2H3. The van der Waals surface area contributed by atoms with Gasteiger partial charge in [0.05, 0.1) is 0 Å². The van der Waals surface area contributed by atoms with E-state index in [2.05, 4.69) is 53.8 Å². The summed E-state index contributed by atoms with van der Waals surface area (Å²) in [5.74, 6) is 0. The van der Waals surface area contributed by atoms with Crippen molar-refractivity contribution in [2.75, 3.05) is 18.5 Å². The second-order valence-electron chi connectivity index (χ2n) is 5.46. The SMILES string of the molecule is CCc1ccsc1CNCc1ccc2c(c1)CCN2C. The van der Waals surface area contributed by atoms with Crippen LogP contribution in [0.5, 0.6) is 0 Å². The Morgan fingerprint density at radius 2 is 2.15 bits per heavy atom. The van der Waals surface area contributed by atoms with Crippen molar-refractivity contribution in [1.29, 1.82) is 0 Å². The lowest BCUT2D eigenvalue weighted by atomic mass is 10.1. The van der Waals surface area contributed by atoms with Gasteiger partial charge < -0.3 is 10.2 Å². The molecule has 0 atom stereocenters. The van der Waals surface area contributed by atoms with E-state index in [1.165, 1.54) is 33.7 Å². The van der Waals surface area contributed by atoms with Crippen molar-refractivity contribution < 1.29 is 0 Å². The lowest BCUT2D eigenvalue weighted by Crippen LogP contribution is -2.13. The summed E-state index contributed by atoms with van der Waals surface area (Å²) in [4.78, 5) is 3.82. The van der Waals surface area contributed by atoms with Crippen molar-refractivity contribution >= 4 is 17.0 Å². The summed E-state index contributed by atoms with van der Waals surface area (Å²) < 4.78 is 0. The Balaban J connectivity index is 1.59. The second-order valence-corrected chi connectivity index (χ2v) is 6.46. The zero-order valence-electron chi connectivity index (χ0n) is 12.3. The maximum Gasteiger partial charge on any atom is 0.0397 e. The molecule has 0 saturated carbocycles. The minimum atomic E-state index is 0.956. The van der Waals surface area contributed by atoms with Crippen LogP contribution in [0, 0.1) is 0 Å². The number of likely N-dealkylation sites (N-methyl/N-ethyl adjacent to an activating group) is 1.